The zero-order chi connectivity index (χ0) is 41.7. The van der Waals surface area contributed by atoms with Gasteiger partial charge in [0.25, 0.3) is 0 Å². The number of esters is 3. The molecule has 0 aromatic rings. The van der Waals surface area contributed by atoms with Gasteiger partial charge in [-0.25, -0.2) is 0 Å². The van der Waals surface area contributed by atoms with E-state index in [0.29, 0.717) is 19.3 Å². The Bertz CT molecular complexity index is 859. The fraction of sp³-hybridized carbons (Fsp3) is 0.941. The normalized spacial score (nSPS) is 12.4. The summed E-state index contributed by atoms with van der Waals surface area (Å²) in [4.78, 5) is 37.8. The molecule has 0 heterocycles. The van der Waals surface area contributed by atoms with E-state index < -0.39 is 6.10 Å². The van der Waals surface area contributed by atoms with Crippen molar-refractivity contribution in [3.05, 3.63) is 0 Å². The summed E-state index contributed by atoms with van der Waals surface area (Å²) < 4.78 is 16.8. The molecule has 0 aliphatic heterocycles. The van der Waals surface area contributed by atoms with Gasteiger partial charge in [0.1, 0.15) is 13.2 Å². The van der Waals surface area contributed by atoms with Crippen LogP contribution in [-0.2, 0) is 28.6 Å². The molecule has 0 rings (SSSR count). The van der Waals surface area contributed by atoms with E-state index in [1.807, 2.05) is 0 Å². The van der Waals surface area contributed by atoms with Gasteiger partial charge in [-0.1, -0.05) is 246 Å². The molecule has 2 atom stereocenters. The molecule has 0 bridgehead atoms. The summed E-state index contributed by atoms with van der Waals surface area (Å²) >= 11 is 0. The van der Waals surface area contributed by atoms with Gasteiger partial charge in [0.2, 0.25) is 0 Å². The van der Waals surface area contributed by atoms with Gasteiger partial charge in [-0.15, -0.1) is 0 Å². The highest BCUT2D eigenvalue weighted by atomic mass is 16.6. The number of hydrogen-bond donors (Lipinski definition) is 0. The third-order valence-corrected chi connectivity index (χ3v) is 11.9. The van der Waals surface area contributed by atoms with Crippen molar-refractivity contribution in [2.24, 2.45) is 5.92 Å². The second kappa shape index (κ2) is 45.5. The van der Waals surface area contributed by atoms with Crippen LogP contribution in [0.4, 0.5) is 0 Å². The van der Waals surface area contributed by atoms with Crippen molar-refractivity contribution in [3.63, 3.8) is 0 Å². The van der Waals surface area contributed by atoms with Gasteiger partial charge in [0.05, 0.1) is 0 Å². The third-order valence-electron chi connectivity index (χ3n) is 11.9. The van der Waals surface area contributed by atoms with Crippen LogP contribution >= 0.6 is 0 Å². The van der Waals surface area contributed by atoms with Crippen molar-refractivity contribution in [2.75, 3.05) is 13.2 Å². The first-order chi connectivity index (χ1) is 27.9. The Labute approximate surface area is 355 Å². The zero-order valence-corrected chi connectivity index (χ0v) is 38.8. The molecular weight excluding hydrogens is 709 g/mol. The number of unbranched alkanes of at least 4 members (excludes halogenated alkanes) is 32. The predicted octanol–water partition coefficient (Wildman–Crippen LogP) is 16.3. The van der Waals surface area contributed by atoms with Crippen molar-refractivity contribution in [1.29, 1.82) is 0 Å². The monoisotopic (exact) mass is 807 g/mol. The standard InChI is InChI=1S/C51H98O6/c1-5-8-10-12-14-16-18-20-21-22-23-24-26-28-30-35-39-43-50(53)56-46-48(57-51(54)44-40-36-32-31-33-37-41-47(4)7-3)45-55-49(52)42-38-34-29-27-25-19-17-15-13-11-9-6-2/h47-48H,5-46H2,1-4H3/t47?,48-/m1/s1. The van der Waals surface area contributed by atoms with Crippen molar-refractivity contribution < 1.29 is 28.6 Å². The summed E-state index contributed by atoms with van der Waals surface area (Å²) in [5.74, 6) is -0.0401. The average molecular weight is 807 g/mol. The summed E-state index contributed by atoms with van der Waals surface area (Å²) in [6.07, 6.45) is 46.6. The first-order valence-corrected chi connectivity index (χ1v) is 25.4. The minimum absolute atomic E-state index is 0.0639. The largest absolute Gasteiger partial charge is 0.462 e. The van der Waals surface area contributed by atoms with E-state index in [1.54, 1.807) is 0 Å². The molecule has 338 valence electrons. The minimum Gasteiger partial charge on any atom is -0.462 e. The van der Waals surface area contributed by atoms with Gasteiger partial charge in [-0.2, -0.15) is 0 Å². The van der Waals surface area contributed by atoms with Crippen LogP contribution in [0, 0.1) is 5.92 Å². The predicted molar refractivity (Wildman–Crippen MR) is 243 cm³/mol. The summed E-state index contributed by atoms with van der Waals surface area (Å²) in [5, 5.41) is 0. The Kier molecular flexibility index (Phi) is 44.2. The second-order valence-corrected chi connectivity index (χ2v) is 17.7. The summed E-state index contributed by atoms with van der Waals surface area (Å²) in [7, 11) is 0. The molecule has 6 heteroatoms. The van der Waals surface area contributed by atoms with E-state index in [-0.39, 0.29) is 31.1 Å². The average Bonchev–Trinajstić information content (AvgIpc) is 3.21. The molecule has 0 N–H and O–H groups in total. The molecule has 6 nitrogen and oxygen atoms in total. The third kappa shape index (κ3) is 43.8. The summed E-state index contributed by atoms with van der Waals surface area (Å²) in [5.41, 5.74) is 0. The van der Waals surface area contributed by atoms with E-state index in [0.717, 1.165) is 63.7 Å². The van der Waals surface area contributed by atoms with Crippen LogP contribution < -0.4 is 0 Å². The second-order valence-electron chi connectivity index (χ2n) is 17.7. The molecule has 0 saturated heterocycles. The van der Waals surface area contributed by atoms with Crippen LogP contribution in [0.5, 0.6) is 0 Å². The van der Waals surface area contributed by atoms with Crippen LogP contribution in [0.25, 0.3) is 0 Å². The van der Waals surface area contributed by atoms with Crippen molar-refractivity contribution in [1.82, 2.24) is 0 Å². The highest BCUT2D eigenvalue weighted by molar-refractivity contribution is 5.71. The molecular formula is C51H98O6. The highest BCUT2D eigenvalue weighted by Crippen LogP contribution is 2.17. The quantitative estimate of drug-likeness (QED) is 0.0346. The smallest absolute Gasteiger partial charge is 0.306 e. The lowest BCUT2D eigenvalue weighted by Gasteiger charge is -2.18. The van der Waals surface area contributed by atoms with Gasteiger partial charge >= 0.3 is 17.9 Å². The van der Waals surface area contributed by atoms with E-state index in [4.69, 9.17) is 14.2 Å². The van der Waals surface area contributed by atoms with E-state index in [2.05, 4.69) is 27.7 Å². The molecule has 0 aliphatic carbocycles. The van der Waals surface area contributed by atoms with Crippen LogP contribution in [0.3, 0.4) is 0 Å². The number of carbonyl (C=O) groups excluding carboxylic acids is 3. The highest BCUT2D eigenvalue weighted by Gasteiger charge is 2.19. The molecule has 0 radical (unpaired) electrons. The van der Waals surface area contributed by atoms with Crippen LogP contribution in [0.15, 0.2) is 0 Å². The lowest BCUT2D eigenvalue weighted by atomic mass is 10.00. The summed E-state index contributed by atoms with van der Waals surface area (Å²) in [6.45, 7) is 8.99. The number of ether oxygens (including phenoxy) is 3. The summed E-state index contributed by atoms with van der Waals surface area (Å²) in [6, 6.07) is 0. The maximum atomic E-state index is 12.7. The Morgan fingerprint density at radius 3 is 0.912 bits per heavy atom. The lowest BCUT2D eigenvalue weighted by molar-refractivity contribution is -0.167. The molecule has 0 amide bonds. The van der Waals surface area contributed by atoms with Crippen molar-refractivity contribution >= 4 is 17.9 Å². The Morgan fingerprint density at radius 1 is 0.351 bits per heavy atom. The molecule has 0 aromatic carbocycles. The van der Waals surface area contributed by atoms with Gasteiger partial charge in [0.15, 0.2) is 6.10 Å². The maximum Gasteiger partial charge on any atom is 0.306 e. The van der Waals surface area contributed by atoms with Gasteiger partial charge in [0, 0.05) is 19.3 Å². The zero-order valence-electron chi connectivity index (χ0n) is 38.8. The molecule has 0 saturated carbocycles. The molecule has 1 unspecified atom stereocenters. The molecule has 0 aromatic heterocycles. The van der Waals surface area contributed by atoms with E-state index in [9.17, 15) is 14.4 Å². The topological polar surface area (TPSA) is 78.9 Å². The van der Waals surface area contributed by atoms with Gasteiger partial charge in [-0.3, -0.25) is 14.4 Å². The van der Waals surface area contributed by atoms with Crippen molar-refractivity contribution in [3.8, 4) is 0 Å². The molecule has 0 fully saturated rings. The SMILES string of the molecule is CCCCCCCCCCCCCCCCCCCC(=O)OC[C@@H](COC(=O)CCCCCCCCCCCCCC)OC(=O)CCCCCCCCC(C)CC. The Hall–Kier alpha value is -1.59. The number of carbonyl (C=O) groups is 3. The minimum atomic E-state index is -0.761. The van der Waals surface area contributed by atoms with Crippen LogP contribution in [0.2, 0.25) is 0 Å². The van der Waals surface area contributed by atoms with Crippen molar-refractivity contribution in [2.45, 2.75) is 291 Å². The fourth-order valence-electron chi connectivity index (χ4n) is 7.66. The van der Waals surface area contributed by atoms with Crippen LogP contribution in [-0.4, -0.2) is 37.2 Å². The molecule has 0 aliphatic rings. The van der Waals surface area contributed by atoms with E-state index in [1.165, 1.54) is 180 Å². The fourth-order valence-corrected chi connectivity index (χ4v) is 7.66. The Morgan fingerprint density at radius 2 is 0.614 bits per heavy atom. The Balaban J connectivity index is 4.26. The van der Waals surface area contributed by atoms with Gasteiger partial charge < -0.3 is 14.2 Å². The van der Waals surface area contributed by atoms with Crippen LogP contribution in [0.1, 0.15) is 285 Å². The van der Waals surface area contributed by atoms with Gasteiger partial charge in [-0.05, 0) is 25.2 Å². The number of hydrogen-bond acceptors (Lipinski definition) is 6. The molecule has 0 spiro atoms. The lowest BCUT2D eigenvalue weighted by Crippen LogP contribution is -2.30. The maximum absolute atomic E-state index is 12.7. The first-order valence-electron chi connectivity index (χ1n) is 25.4. The first kappa shape index (κ1) is 55.4. The number of rotatable bonds is 46. The molecule has 57 heavy (non-hydrogen) atoms. The van der Waals surface area contributed by atoms with E-state index >= 15 is 0 Å².